The first-order chi connectivity index (χ1) is 9.38. The lowest BCUT2D eigenvalue weighted by Gasteiger charge is -2.08. The highest BCUT2D eigenvalue weighted by Crippen LogP contribution is 2.33. The second-order valence-corrected chi connectivity index (χ2v) is 3.76. The van der Waals surface area contributed by atoms with E-state index in [2.05, 4.69) is 10.1 Å². The lowest BCUT2D eigenvalue weighted by atomic mass is 10.1. The Morgan fingerprint density at radius 3 is 2.65 bits per heavy atom. The number of rotatable bonds is 3. The smallest absolute Gasteiger partial charge is 0.417 e. The molecule has 0 saturated heterocycles. The molecule has 0 aliphatic carbocycles. The highest BCUT2D eigenvalue weighted by Gasteiger charge is 2.36. The molecule has 20 heavy (non-hydrogen) atoms. The van der Waals surface area contributed by atoms with Crippen molar-refractivity contribution >= 4 is 11.5 Å². The normalized spacial score (nSPS) is 12.4. The maximum atomic E-state index is 12.8. The molecule has 0 saturated carbocycles. The second-order valence-electron chi connectivity index (χ2n) is 3.76. The van der Waals surface area contributed by atoms with Crippen LogP contribution in [0.4, 0.5) is 13.2 Å². The van der Waals surface area contributed by atoms with Crippen molar-refractivity contribution in [2.45, 2.75) is 6.18 Å². The molecule has 8 heteroatoms. The summed E-state index contributed by atoms with van der Waals surface area (Å²) in [5, 5.41) is 12.3. The summed E-state index contributed by atoms with van der Waals surface area (Å²) in [5.41, 5.74) is -1.61. The molecule has 1 N–H and O–H groups in total. The Hall–Kier alpha value is -2.64. The van der Waals surface area contributed by atoms with Gasteiger partial charge in [0.15, 0.2) is 5.82 Å². The lowest BCUT2D eigenvalue weighted by molar-refractivity contribution is -0.131. The molecular weight excluding hydrogens is 275 g/mol. The summed E-state index contributed by atoms with van der Waals surface area (Å²) in [7, 11) is 0. The van der Waals surface area contributed by atoms with E-state index in [-0.39, 0.29) is 11.6 Å². The molecule has 5 nitrogen and oxygen atoms in total. The van der Waals surface area contributed by atoms with Crippen LogP contribution in [0.25, 0.3) is 11.4 Å². The van der Waals surface area contributed by atoms with Gasteiger partial charge in [0.1, 0.15) is 0 Å². The molecule has 0 atom stereocenters. The number of alkyl halides is 3. The first kappa shape index (κ1) is 13.8. The van der Waals surface area contributed by atoms with Crippen LogP contribution in [0.15, 0.2) is 42.9 Å². The third-order valence-corrected chi connectivity index (χ3v) is 2.35. The number of nitrogens with zero attached hydrogens (tertiary/aromatic N) is 3. The van der Waals surface area contributed by atoms with Gasteiger partial charge in [-0.3, -0.25) is 0 Å². The van der Waals surface area contributed by atoms with Crippen molar-refractivity contribution in [1.82, 2.24) is 14.8 Å². The van der Waals surface area contributed by atoms with Crippen LogP contribution in [0, 0.1) is 0 Å². The molecule has 2 aromatic heterocycles. The van der Waals surface area contributed by atoms with E-state index in [1.54, 1.807) is 18.2 Å². The molecule has 0 aliphatic rings. The minimum Gasteiger partial charge on any atom is -0.478 e. The number of pyridine rings is 1. The van der Waals surface area contributed by atoms with E-state index < -0.39 is 17.7 Å². The maximum Gasteiger partial charge on any atom is 0.417 e. The van der Waals surface area contributed by atoms with E-state index >= 15 is 0 Å². The Morgan fingerprint density at radius 1 is 1.35 bits per heavy atom. The van der Waals surface area contributed by atoms with Crippen molar-refractivity contribution in [3.05, 3.63) is 48.4 Å². The van der Waals surface area contributed by atoms with Crippen molar-refractivity contribution in [1.29, 1.82) is 0 Å². The molecule has 0 amide bonds. The van der Waals surface area contributed by atoms with E-state index in [1.165, 1.54) is 6.20 Å². The molecule has 0 spiro atoms. The highest BCUT2D eigenvalue weighted by molar-refractivity contribution is 5.91. The zero-order valence-corrected chi connectivity index (χ0v) is 9.87. The van der Waals surface area contributed by atoms with Gasteiger partial charge in [-0.2, -0.15) is 18.3 Å². The summed E-state index contributed by atoms with van der Waals surface area (Å²) in [6.45, 7) is 0. The van der Waals surface area contributed by atoms with Crippen LogP contribution in [-0.2, 0) is 4.79 Å². The van der Waals surface area contributed by atoms with Crippen molar-refractivity contribution in [3.63, 3.8) is 0 Å². The minimum atomic E-state index is -4.78. The summed E-state index contributed by atoms with van der Waals surface area (Å²) in [4.78, 5) is 14.4. The molecule has 2 heterocycles. The van der Waals surface area contributed by atoms with Crippen LogP contribution in [0.1, 0.15) is 5.56 Å². The van der Waals surface area contributed by atoms with Crippen LogP contribution >= 0.6 is 0 Å². The second kappa shape index (κ2) is 5.16. The monoisotopic (exact) mass is 283 g/mol. The van der Waals surface area contributed by atoms with Gasteiger partial charge in [-0.1, -0.05) is 6.07 Å². The Labute approximate surface area is 111 Å². The number of aromatic nitrogens is 3. The molecule has 0 aliphatic heterocycles. The number of carboxylic acid groups (broad SMARTS) is 1. The average molecular weight is 283 g/mol. The predicted octanol–water partition coefficient (Wildman–Crippen LogP) is 2.30. The van der Waals surface area contributed by atoms with Gasteiger partial charge < -0.3 is 5.11 Å². The number of hydrogen-bond donors (Lipinski definition) is 1. The predicted molar refractivity (Wildman–Crippen MR) is 63.0 cm³/mol. The number of aliphatic carboxylic acids is 1. The molecular formula is C12H8F3N3O2. The topological polar surface area (TPSA) is 68.0 Å². The summed E-state index contributed by atoms with van der Waals surface area (Å²) in [5.74, 6) is -1.35. The van der Waals surface area contributed by atoms with Crippen LogP contribution in [0.5, 0.6) is 0 Å². The van der Waals surface area contributed by atoms with Crippen molar-refractivity contribution < 1.29 is 23.1 Å². The fraction of sp³-hybridized carbons (Fsp3) is 0.0833. The molecule has 0 fully saturated rings. The summed E-state index contributed by atoms with van der Waals surface area (Å²) in [6.07, 6.45) is -1.19. The van der Waals surface area contributed by atoms with E-state index in [0.29, 0.717) is 5.82 Å². The summed E-state index contributed by atoms with van der Waals surface area (Å²) < 4.78 is 39.5. The first-order valence-electron chi connectivity index (χ1n) is 5.36. The number of carboxylic acids is 1. The van der Waals surface area contributed by atoms with Crippen LogP contribution in [0.2, 0.25) is 0 Å². The van der Waals surface area contributed by atoms with Gasteiger partial charge in [-0.15, -0.1) is 0 Å². The summed E-state index contributed by atoms with van der Waals surface area (Å²) in [6, 6.07) is 4.87. The SMILES string of the molecule is O=C(O)C=C(c1cnn(-c2ccccn2)c1)C(F)(F)F. The molecule has 104 valence electrons. The molecule has 0 unspecified atom stereocenters. The van der Waals surface area contributed by atoms with Crippen molar-refractivity contribution in [3.8, 4) is 5.82 Å². The largest absolute Gasteiger partial charge is 0.478 e. The third-order valence-electron chi connectivity index (χ3n) is 2.35. The van der Waals surface area contributed by atoms with Gasteiger partial charge in [0.25, 0.3) is 0 Å². The molecule has 0 radical (unpaired) electrons. The van der Waals surface area contributed by atoms with Gasteiger partial charge in [0.05, 0.1) is 11.8 Å². The van der Waals surface area contributed by atoms with Crippen LogP contribution < -0.4 is 0 Å². The Bertz CT molecular complexity index is 647. The van der Waals surface area contributed by atoms with Crippen molar-refractivity contribution in [2.24, 2.45) is 0 Å². The zero-order valence-electron chi connectivity index (χ0n) is 9.87. The molecule has 0 aromatic carbocycles. The Morgan fingerprint density at radius 2 is 2.10 bits per heavy atom. The van der Waals surface area contributed by atoms with Gasteiger partial charge in [-0.05, 0) is 12.1 Å². The van der Waals surface area contributed by atoms with E-state index in [9.17, 15) is 18.0 Å². The van der Waals surface area contributed by atoms with E-state index in [4.69, 9.17) is 5.11 Å². The fourth-order valence-electron chi connectivity index (χ4n) is 1.53. The number of carbonyl (C=O) groups is 1. The van der Waals surface area contributed by atoms with Crippen molar-refractivity contribution in [2.75, 3.05) is 0 Å². The molecule has 2 rings (SSSR count). The lowest BCUT2D eigenvalue weighted by Crippen LogP contribution is -2.12. The van der Waals surface area contributed by atoms with Crippen LogP contribution in [-0.4, -0.2) is 32.0 Å². The van der Waals surface area contributed by atoms with Gasteiger partial charge in [0.2, 0.25) is 0 Å². The van der Waals surface area contributed by atoms with Gasteiger partial charge in [-0.25, -0.2) is 14.5 Å². The fourth-order valence-corrected chi connectivity index (χ4v) is 1.53. The van der Waals surface area contributed by atoms with Crippen LogP contribution in [0.3, 0.4) is 0 Å². The summed E-state index contributed by atoms with van der Waals surface area (Å²) >= 11 is 0. The number of halogens is 3. The first-order valence-corrected chi connectivity index (χ1v) is 5.36. The molecule has 2 aromatic rings. The Kier molecular flexibility index (Phi) is 3.55. The van der Waals surface area contributed by atoms with E-state index in [1.807, 2.05) is 0 Å². The standard InChI is InChI=1S/C12H8F3N3O2/c13-12(14,15)9(5-11(19)20)8-6-17-18(7-8)10-3-1-2-4-16-10/h1-7H,(H,19,20). The average Bonchev–Trinajstić information content (AvgIpc) is 2.84. The maximum absolute atomic E-state index is 12.8. The zero-order chi connectivity index (χ0) is 14.8. The van der Waals surface area contributed by atoms with Gasteiger partial charge >= 0.3 is 12.1 Å². The number of hydrogen-bond acceptors (Lipinski definition) is 3. The van der Waals surface area contributed by atoms with Gasteiger partial charge in [0, 0.05) is 24.0 Å². The molecule has 0 bridgehead atoms. The minimum absolute atomic E-state index is 0.111. The quantitative estimate of drug-likeness (QED) is 0.878. The third kappa shape index (κ3) is 3.02. The number of allylic oxidation sites excluding steroid dienone is 1. The Balaban J connectivity index is 2.43. The highest BCUT2D eigenvalue weighted by atomic mass is 19.4. The van der Waals surface area contributed by atoms with E-state index in [0.717, 1.165) is 17.1 Å².